The molecule has 14 heavy (non-hydrogen) atoms. The zero-order valence-corrected chi connectivity index (χ0v) is 9.87. The Balaban J connectivity index is 1.96. The van der Waals surface area contributed by atoms with Gasteiger partial charge in [-0.15, -0.1) is 0 Å². The molecule has 0 radical (unpaired) electrons. The second-order valence-corrected chi connectivity index (χ2v) is 5.17. The largest absolute Gasteiger partial charge is 0.327 e. The number of pyridine rings is 1. The van der Waals surface area contributed by atoms with Crippen LogP contribution in [-0.4, -0.2) is 11.0 Å². The van der Waals surface area contributed by atoms with Crippen molar-refractivity contribution in [3.63, 3.8) is 0 Å². The molecular weight excluding hydrogens is 240 g/mol. The third-order valence-electron chi connectivity index (χ3n) is 2.95. The molecule has 0 spiro atoms. The number of rotatable bonds is 3. The van der Waals surface area contributed by atoms with Crippen molar-refractivity contribution in [2.45, 2.75) is 25.8 Å². The molecule has 1 aromatic heterocycles. The van der Waals surface area contributed by atoms with Crippen molar-refractivity contribution in [1.82, 2.24) is 4.98 Å². The van der Waals surface area contributed by atoms with Gasteiger partial charge in [0.2, 0.25) is 0 Å². The zero-order chi connectivity index (χ0) is 10.1. The Labute approximate surface area is 93.0 Å². The van der Waals surface area contributed by atoms with Gasteiger partial charge in [-0.05, 0) is 52.2 Å². The van der Waals surface area contributed by atoms with Gasteiger partial charge in [-0.2, -0.15) is 0 Å². The highest BCUT2D eigenvalue weighted by Crippen LogP contribution is 2.40. The van der Waals surface area contributed by atoms with Gasteiger partial charge in [0.05, 0.1) is 0 Å². The molecule has 1 saturated carbocycles. The van der Waals surface area contributed by atoms with E-state index in [1.54, 1.807) is 6.20 Å². The molecule has 3 unspecified atom stereocenters. The highest BCUT2D eigenvalue weighted by molar-refractivity contribution is 9.10. The van der Waals surface area contributed by atoms with E-state index >= 15 is 0 Å². The summed E-state index contributed by atoms with van der Waals surface area (Å²) in [7, 11) is 0. The average molecular weight is 255 g/mol. The van der Waals surface area contributed by atoms with E-state index in [-0.39, 0.29) is 0 Å². The van der Waals surface area contributed by atoms with Crippen molar-refractivity contribution in [3.8, 4) is 0 Å². The summed E-state index contributed by atoms with van der Waals surface area (Å²) in [4.78, 5) is 4.13. The van der Waals surface area contributed by atoms with Crippen LogP contribution in [0.25, 0.3) is 0 Å². The van der Waals surface area contributed by atoms with Crippen molar-refractivity contribution in [1.29, 1.82) is 0 Å². The van der Waals surface area contributed by atoms with Gasteiger partial charge < -0.3 is 5.73 Å². The predicted molar refractivity (Wildman–Crippen MR) is 60.9 cm³/mol. The second-order valence-electron chi connectivity index (χ2n) is 4.26. The lowest BCUT2D eigenvalue weighted by Gasteiger charge is -2.10. The molecule has 1 fully saturated rings. The third-order valence-corrected chi connectivity index (χ3v) is 3.39. The number of halogens is 1. The van der Waals surface area contributed by atoms with Gasteiger partial charge >= 0.3 is 0 Å². The van der Waals surface area contributed by atoms with Crippen LogP contribution in [0.2, 0.25) is 0 Å². The minimum absolute atomic E-state index is 0.307. The van der Waals surface area contributed by atoms with Crippen LogP contribution in [0.5, 0.6) is 0 Å². The van der Waals surface area contributed by atoms with E-state index in [2.05, 4.69) is 33.9 Å². The SMILES string of the molecule is CC1CC1C(N)Cc1cncc(Br)c1. The Morgan fingerprint density at radius 1 is 1.64 bits per heavy atom. The maximum Gasteiger partial charge on any atom is 0.0410 e. The van der Waals surface area contributed by atoms with Crippen molar-refractivity contribution in [2.75, 3.05) is 0 Å². The van der Waals surface area contributed by atoms with E-state index in [1.807, 2.05) is 6.20 Å². The summed E-state index contributed by atoms with van der Waals surface area (Å²) in [6.07, 6.45) is 5.94. The lowest BCUT2D eigenvalue weighted by Crippen LogP contribution is -2.25. The first kappa shape index (κ1) is 10.1. The van der Waals surface area contributed by atoms with Crippen molar-refractivity contribution >= 4 is 15.9 Å². The molecule has 0 saturated heterocycles. The molecule has 0 aromatic carbocycles. The summed E-state index contributed by atoms with van der Waals surface area (Å²) < 4.78 is 1.03. The highest BCUT2D eigenvalue weighted by Gasteiger charge is 2.37. The van der Waals surface area contributed by atoms with Gasteiger partial charge in [0.1, 0.15) is 0 Å². The standard InChI is InChI=1S/C11H15BrN2/c1-7-2-10(7)11(13)4-8-3-9(12)6-14-5-8/h3,5-7,10-11H,2,4,13H2,1H3. The number of nitrogens with two attached hydrogens (primary N) is 1. The van der Waals surface area contributed by atoms with Gasteiger partial charge in [0.15, 0.2) is 0 Å². The topological polar surface area (TPSA) is 38.9 Å². The number of hydrogen-bond donors (Lipinski definition) is 1. The van der Waals surface area contributed by atoms with Crippen LogP contribution in [0, 0.1) is 11.8 Å². The van der Waals surface area contributed by atoms with Crippen molar-refractivity contribution < 1.29 is 0 Å². The molecule has 1 aliphatic carbocycles. The first-order valence-corrected chi connectivity index (χ1v) is 5.81. The minimum atomic E-state index is 0.307. The molecule has 2 nitrogen and oxygen atoms in total. The van der Waals surface area contributed by atoms with Gasteiger partial charge in [-0.1, -0.05) is 6.92 Å². The molecule has 0 aliphatic heterocycles. The second kappa shape index (κ2) is 3.99. The van der Waals surface area contributed by atoms with E-state index in [9.17, 15) is 0 Å². The Morgan fingerprint density at radius 3 is 2.93 bits per heavy atom. The summed E-state index contributed by atoms with van der Waals surface area (Å²) in [6, 6.07) is 2.40. The van der Waals surface area contributed by atoms with Crippen LogP contribution in [0.3, 0.4) is 0 Å². The fraction of sp³-hybridized carbons (Fsp3) is 0.545. The summed E-state index contributed by atoms with van der Waals surface area (Å²) in [6.45, 7) is 2.27. The van der Waals surface area contributed by atoms with Crippen LogP contribution in [0.4, 0.5) is 0 Å². The smallest absolute Gasteiger partial charge is 0.0410 e. The van der Waals surface area contributed by atoms with Gasteiger partial charge in [-0.3, -0.25) is 4.98 Å². The number of nitrogens with zero attached hydrogens (tertiary/aromatic N) is 1. The van der Waals surface area contributed by atoms with Gasteiger partial charge in [0, 0.05) is 22.9 Å². The predicted octanol–water partition coefficient (Wildman–Crippen LogP) is 2.37. The lowest BCUT2D eigenvalue weighted by atomic mass is 10.0. The highest BCUT2D eigenvalue weighted by atomic mass is 79.9. The molecule has 2 N–H and O–H groups in total. The molecule has 3 atom stereocenters. The Morgan fingerprint density at radius 2 is 2.36 bits per heavy atom. The van der Waals surface area contributed by atoms with E-state index in [4.69, 9.17) is 5.73 Å². The Bertz CT molecular complexity index is 327. The normalized spacial score (nSPS) is 27.4. The summed E-state index contributed by atoms with van der Waals surface area (Å²) in [5, 5.41) is 0. The maximum absolute atomic E-state index is 6.11. The molecule has 2 rings (SSSR count). The molecular formula is C11H15BrN2. The van der Waals surface area contributed by atoms with Gasteiger partial charge in [0.25, 0.3) is 0 Å². The number of hydrogen-bond acceptors (Lipinski definition) is 2. The monoisotopic (exact) mass is 254 g/mol. The third kappa shape index (κ3) is 2.34. The van der Waals surface area contributed by atoms with Crippen LogP contribution in [-0.2, 0) is 6.42 Å². The van der Waals surface area contributed by atoms with Crippen LogP contribution >= 0.6 is 15.9 Å². The molecule has 76 valence electrons. The maximum atomic E-state index is 6.11. The van der Waals surface area contributed by atoms with Crippen LogP contribution in [0.15, 0.2) is 22.9 Å². The lowest BCUT2D eigenvalue weighted by molar-refractivity contribution is 0.559. The summed E-state index contributed by atoms with van der Waals surface area (Å²) in [5.41, 5.74) is 7.34. The molecule has 1 aromatic rings. The van der Waals surface area contributed by atoms with Crippen LogP contribution < -0.4 is 5.73 Å². The number of aromatic nitrogens is 1. The first-order valence-electron chi connectivity index (χ1n) is 5.02. The fourth-order valence-corrected chi connectivity index (χ4v) is 2.35. The molecule has 0 bridgehead atoms. The fourth-order valence-electron chi connectivity index (χ4n) is 1.94. The average Bonchev–Trinajstić information content (AvgIpc) is 2.82. The zero-order valence-electron chi connectivity index (χ0n) is 8.28. The first-order chi connectivity index (χ1) is 6.66. The molecule has 3 heteroatoms. The molecule has 0 amide bonds. The summed E-state index contributed by atoms with van der Waals surface area (Å²) in [5.74, 6) is 1.55. The Hall–Kier alpha value is -0.410. The Kier molecular flexibility index (Phi) is 2.88. The van der Waals surface area contributed by atoms with Gasteiger partial charge in [-0.25, -0.2) is 0 Å². The van der Waals surface area contributed by atoms with Crippen molar-refractivity contribution in [3.05, 3.63) is 28.5 Å². The quantitative estimate of drug-likeness (QED) is 0.900. The molecule has 1 heterocycles. The van der Waals surface area contributed by atoms with E-state index in [0.29, 0.717) is 6.04 Å². The minimum Gasteiger partial charge on any atom is -0.327 e. The molecule has 1 aliphatic rings. The van der Waals surface area contributed by atoms with Crippen LogP contribution in [0.1, 0.15) is 18.9 Å². The van der Waals surface area contributed by atoms with E-state index in [0.717, 1.165) is 22.7 Å². The van der Waals surface area contributed by atoms with Crippen molar-refractivity contribution in [2.24, 2.45) is 17.6 Å². The van der Waals surface area contributed by atoms with E-state index in [1.165, 1.54) is 12.0 Å². The van der Waals surface area contributed by atoms with E-state index < -0.39 is 0 Å². The summed E-state index contributed by atoms with van der Waals surface area (Å²) >= 11 is 3.41.